The molecule has 8 heteroatoms. The van der Waals surface area contributed by atoms with Gasteiger partial charge in [0.05, 0.1) is 6.42 Å². The van der Waals surface area contributed by atoms with E-state index in [9.17, 15) is 23.2 Å². The molecular weight excluding hydrogens is 356 g/mol. The van der Waals surface area contributed by atoms with Crippen LogP contribution in [0, 0.1) is 11.6 Å². The summed E-state index contributed by atoms with van der Waals surface area (Å²) < 4.78 is 26.4. The van der Waals surface area contributed by atoms with Crippen LogP contribution in [-0.2, 0) is 20.8 Å². The van der Waals surface area contributed by atoms with E-state index in [1.54, 1.807) is 0 Å². The summed E-state index contributed by atoms with van der Waals surface area (Å²) in [6.07, 6.45) is 3.46. The van der Waals surface area contributed by atoms with Crippen molar-refractivity contribution in [3.05, 3.63) is 35.4 Å². The van der Waals surface area contributed by atoms with E-state index in [0.717, 1.165) is 37.5 Å². The first kappa shape index (κ1) is 20.8. The average Bonchev–Trinajstić information content (AvgIpc) is 2.65. The fraction of sp³-hybridized carbons (Fsp3) is 0.526. The largest absolute Gasteiger partial charge is 0.356 e. The van der Waals surface area contributed by atoms with Crippen molar-refractivity contribution in [2.45, 2.75) is 57.5 Å². The van der Waals surface area contributed by atoms with Crippen LogP contribution >= 0.6 is 0 Å². The molecule has 1 aromatic rings. The van der Waals surface area contributed by atoms with E-state index in [4.69, 9.17) is 0 Å². The Morgan fingerprint density at radius 3 is 2.59 bits per heavy atom. The Hall–Kier alpha value is -2.51. The molecule has 1 aromatic carbocycles. The van der Waals surface area contributed by atoms with Gasteiger partial charge in [0.25, 0.3) is 0 Å². The lowest BCUT2D eigenvalue weighted by atomic mass is 10.1. The van der Waals surface area contributed by atoms with E-state index in [2.05, 4.69) is 16.0 Å². The van der Waals surface area contributed by atoms with E-state index in [1.165, 1.54) is 6.92 Å². The fourth-order valence-corrected chi connectivity index (χ4v) is 3.02. The van der Waals surface area contributed by atoms with Crippen LogP contribution in [0.2, 0.25) is 0 Å². The lowest BCUT2D eigenvalue weighted by Gasteiger charge is -2.21. The highest BCUT2D eigenvalue weighted by Gasteiger charge is 2.22. The Morgan fingerprint density at radius 2 is 1.89 bits per heavy atom. The topological polar surface area (TPSA) is 87.3 Å². The normalized spacial score (nSPS) is 19.1. The van der Waals surface area contributed by atoms with E-state index < -0.39 is 29.5 Å². The molecule has 0 spiro atoms. The summed E-state index contributed by atoms with van der Waals surface area (Å²) in [5, 5.41) is 8.11. The molecule has 27 heavy (non-hydrogen) atoms. The van der Waals surface area contributed by atoms with E-state index in [-0.39, 0.29) is 30.4 Å². The Labute approximate surface area is 157 Å². The van der Waals surface area contributed by atoms with Crippen molar-refractivity contribution in [3.63, 3.8) is 0 Å². The van der Waals surface area contributed by atoms with Crippen LogP contribution in [0.4, 0.5) is 8.78 Å². The number of carbonyl (C=O) groups is 3. The van der Waals surface area contributed by atoms with Crippen LogP contribution in [0.1, 0.15) is 44.6 Å². The van der Waals surface area contributed by atoms with Crippen molar-refractivity contribution < 1.29 is 23.2 Å². The molecular formula is C19H25F2N3O3. The zero-order chi connectivity index (χ0) is 19.8. The summed E-state index contributed by atoms with van der Waals surface area (Å²) in [7, 11) is 0. The number of rotatable bonds is 5. The third-order valence-electron chi connectivity index (χ3n) is 4.39. The zero-order valence-electron chi connectivity index (χ0n) is 15.3. The molecule has 1 saturated heterocycles. The van der Waals surface area contributed by atoms with Crippen molar-refractivity contribution in [1.82, 2.24) is 16.0 Å². The van der Waals surface area contributed by atoms with Crippen molar-refractivity contribution >= 4 is 17.7 Å². The Morgan fingerprint density at radius 1 is 1.19 bits per heavy atom. The third-order valence-corrected chi connectivity index (χ3v) is 4.39. The molecule has 2 atom stereocenters. The number of hydrogen-bond acceptors (Lipinski definition) is 3. The quantitative estimate of drug-likeness (QED) is 0.724. The Balaban J connectivity index is 1.86. The average molecular weight is 381 g/mol. The first-order chi connectivity index (χ1) is 12.8. The third kappa shape index (κ3) is 7.32. The fourth-order valence-electron chi connectivity index (χ4n) is 3.02. The Kier molecular flexibility index (Phi) is 7.69. The number of benzene rings is 1. The van der Waals surface area contributed by atoms with Gasteiger partial charge in [-0.1, -0.05) is 12.8 Å². The summed E-state index contributed by atoms with van der Waals surface area (Å²) >= 11 is 0. The maximum absolute atomic E-state index is 13.2. The van der Waals surface area contributed by atoms with Gasteiger partial charge < -0.3 is 16.0 Å². The van der Waals surface area contributed by atoms with Gasteiger partial charge in [0, 0.05) is 25.1 Å². The van der Waals surface area contributed by atoms with Crippen molar-refractivity contribution in [1.29, 1.82) is 0 Å². The smallest absolute Gasteiger partial charge is 0.242 e. The maximum Gasteiger partial charge on any atom is 0.242 e. The molecule has 0 saturated carbocycles. The lowest BCUT2D eigenvalue weighted by molar-refractivity contribution is -0.129. The summed E-state index contributed by atoms with van der Waals surface area (Å²) in [6, 6.07) is 1.76. The first-order valence-corrected chi connectivity index (χ1v) is 9.15. The number of amides is 3. The van der Waals surface area contributed by atoms with Gasteiger partial charge >= 0.3 is 0 Å². The van der Waals surface area contributed by atoms with Crippen LogP contribution in [0.3, 0.4) is 0 Å². The molecule has 3 N–H and O–H groups in total. The van der Waals surface area contributed by atoms with Gasteiger partial charge in [-0.05, 0) is 37.5 Å². The molecule has 1 aliphatic heterocycles. The lowest BCUT2D eigenvalue weighted by Crippen LogP contribution is -2.49. The van der Waals surface area contributed by atoms with Crippen molar-refractivity contribution in [2.24, 2.45) is 0 Å². The van der Waals surface area contributed by atoms with Crippen molar-refractivity contribution in [2.75, 3.05) is 6.54 Å². The van der Waals surface area contributed by atoms with Gasteiger partial charge in [0.15, 0.2) is 0 Å². The van der Waals surface area contributed by atoms with E-state index >= 15 is 0 Å². The molecule has 148 valence electrons. The second kappa shape index (κ2) is 9.99. The van der Waals surface area contributed by atoms with Crippen LogP contribution in [0.15, 0.2) is 18.2 Å². The second-order valence-corrected chi connectivity index (χ2v) is 6.85. The molecule has 1 unspecified atom stereocenters. The minimum atomic E-state index is -0.827. The predicted octanol–water partition coefficient (Wildman–Crippen LogP) is 1.58. The SMILES string of the molecule is C[C@H](NC(=O)Cc1cc(F)cc(F)c1)C(=O)NC1CCCCCNC(=O)C1. The number of carbonyl (C=O) groups excluding carboxylic acids is 3. The molecule has 1 fully saturated rings. The highest BCUT2D eigenvalue weighted by atomic mass is 19.1. The van der Waals surface area contributed by atoms with Gasteiger partial charge in [-0.3, -0.25) is 14.4 Å². The van der Waals surface area contributed by atoms with E-state index in [1.807, 2.05) is 0 Å². The minimum absolute atomic E-state index is 0.105. The molecule has 0 aliphatic carbocycles. The molecule has 1 heterocycles. The highest BCUT2D eigenvalue weighted by Crippen LogP contribution is 2.10. The highest BCUT2D eigenvalue weighted by molar-refractivity contribution is 5.88. The summed E-state index contributed by atoms with van der Waals surface area (Å²) in [6.45, 7) is 2.17. The number of halogens is 2. The molecule has 0 bridgehead atoms. The Bertz CT molecular complexity index is 677. The van der Waals surface area contributed by atoms with E-state index in [0.29, 0.717) is 13.0 Å². The maximum atomic E-state index is 13.2. The molecule has 0 aromatic heterocycles. The second-order valence-electron chi connectivity index (χ2n) is 6.85. The first-order valence-electron chi connectivity index (χ1n) is 9.15. The van der Waals surface area contributed by atoms with Gasteiger partial charge in [-0.25, -0.2) is 8.78 Å². The van der Waals surface area contributed by atoms with Crippen LogP contribution < -0.4 is 16.0 Å². The molecule has 0 radical (unpaired) electrons. The van der Waals surface area contributed by atoms with Crippen molar-refractivity contribution in [3.8, 4) is 0 Å². The monoisotopic (exact) mass is 381 g/mol. The molecule has 6 nitrogen and oxygen atoms in total. The molecule has 2 rings (SSSR count). The summed E-state index contributed by atoms with van der Waals surface area (Å²) in [4.78, 5) is 36.2. The van der Waals surface area contributed by atoms with Gasteiger partial charge in [0.1, 0.15) is 17.7 Å². The standard InChI is InChI=1S/C19H25F2N3O3/c1-12(23-18(26)9-13-7-14(20)10-15(21)8-13)19(27)24-16-5-3-2-4-6-22-17(25)11-16/h7-8,10,12,16H,2-6,9,11H2,1H3,(H,22,25)(H,23,26)(H,24,27)/t12-,16?/m0/s1. The van der Waals surface area contributed by atoms with Gasteiger partial charge in [0.2, 0.25) is 17.7 Å². The summed E-state index contributed by atoms with van der Waals surface area (Å²) in [5.41, 5.74) is 0.186. The van der Waals surface area contributed by atoms with Crippen LogP contribution in [0.25, 0.3) is 0 Å². The molecule has 1 aliphatic rings. The summed E-state index contributed by atoms with van der Waals surface area (Å²) in [5.74, 6) is -2.54. The van der Waals surface area contributed by atoms with Gasteiger partial charge in [-0.15, -0.1) is 0 Å². The van der Waals surface area contributed by atoms with Crippen LogP contribution in [0.5, 0.6) is 0 Å². The molecule has 3 amide bonds. The van der Waals surface area contributed by atoms with Crippen LogP contribution in [-0.4, -0.2) is 36.3 Å². The number of hydrogen-bond donors (Lipinski definition) is 3. The zero-order valence-corrected chi connectivity index (χ0v) is 15.3. The number of nitrogens with one attached hydrogen (secondary N) is 3. The minimum Gasteiger partial charge on any atom is -0.356 e. The predicted molar refractivity (Wildman–Crippen MR) is 95.7 cm³/mol. The van der Waals surface area contributed by atoms with Gasteiger partial charge in [-0.2, -0.15) is 0 Å².